The first kappa shape index (κ1) is 24.8. The second kappa shape index (κ2) is 10.4. The van der Waals surface area contributed by atoms with Crippen molar-refractivity contribution in [2.75, 3.05) is 26.2 Å². The van der Waals surface area contributed by atoms with Crippen molar-refractivity contribution in [3.63, 3.8) is 0 Å². The van der Waals surface area contributed by atoms with Crippen molar-refractivity contribution in [1.29, 1.82) is 0 Å². The average molecular weight is 483 g/mol. The van der Waals surface area contributed by atoms with Crippen LogP contribution < -0.4 is 10.1 Å². The Morgan fingerprint density at radius 3 is 2.56 bits per heavy atom. The predicted octanol–water partition coefficient (Wildman–Crippen LogP) is 3.89. The molecular formula is C23H32Cl2N4O3. The van der Waals surface area contributed by atoms with Crippen LogP contribution >= 0.6 is 23.2 Å². The Morgan fingerprint density at radius 2 is 1.94 bits per heavy atom. The normalized spacial score (nSPS) is 16.7. The fourth-order valence-electron chi connectivity index (χ4n) is 3.79. The van der Waals surface area contributed by atoms with Crippen LogP contribution in [0, 0.1) is 6.92 Å². The minimum Gasteiger partial charge on any atom is -0.490 e. The molecule has 0 spiro atoms. The van der Waals surface area contributed by atoms with Gasteiger partial charge in [-0.1, -0.05) is 23.2 Å². The van der Waals surface area contributed by atoms with E-state index < -0.39 is 6.10 Å². The highest BCUT2D eigenvalue weighted by molar-refractivity contribution is 6.42. The van der Waals surface area contributed by atoms with Gasteiger partial charge in [0.2, 0.25) is 0 Å². The number of aliphatic hydroxyl groups is 1. The summed E-state index contributed by atoms with van der Waals surface area (Å²) in [7, 11) is 0. The number of hydrogen-bond acceptors (Lipinski definition) is 5. The van der Waals surface area contributed by atoms with Gasteiger partial charge in [-0.3, -0.25) is 9.48 Å². The van der Waals surface area contributed by atoms with Gasteiger partial charge in [-0.2, -0.15) is 5.10 Å². The number of piperidine rings is 1. The molecule has 0 bridgehead atoms. The van der Waals surface area contributed by atoms with Crippen molar-refractivity contribution in [1.82, 2.24) is 20.0 Å². The van der Waals surface area contributed by atoms with Crippen molar-refractivity contribution in [2.45, 2.75) is 58.3 Å². The highest BCUT2D eigenvalue weighted by Gasteiger charge is 2.25. The topological polar surface area (TPSA) is 79.6 Å². The van der Waals surface area contributed by atoms with Crippen LogP contribution in [0.3, 0.4) is 0 Å². The summed E-state index contributed by atoms with van der Waals surface area (Å²) in [5.74, 6) is 0.485. The van der Waals surface area contributed by atoms with E-state index in [-0.39, 0.29) is 24.1 Å². The van der Waals surface area contributed by atoms with Crippen LogP contribution in [0.1, 0.15) is 49.8 Å². The van der Waals surface area contributed by atoms with E-state index in [1.807, 2.05) is 33.8 Å². The summed E-state index contributed by atoms with van der Waals surface area (Å²) in [6.07, 6.45) is 1.15. The zero-order chi connectivity index (χ0) is 23.5. The summed E-state index contributed by atoms with van der Waals surface area (Å²) in [5.41, 5.74) is 0.989. The van der Waals surface area contributed by atoms with Crippen molar-refractivity contribution in [3.8, 4) is 5.75 Å². The molecule has 1 aromatic heterocycles. The van der Waals surface area contributed by atoms with Crippen LogP contribution in [-0.2, 0) is 5.54 Å². The van der Waals surface area contributed by atoms with Crippen LogP contribution in [-0.4, -0.2) is 64.1 Å². The second-order valence-corrected chi connectivity index (χ2v) is 10.1. The molecule has 7 nitrogen and oxygen atoms in total. The monoisotopic (exact) mass is 482 g/mol. The van der Waals surface area contributed by atoms with Gasteiger partial charge in [-0.05, 0) is 58.7 Å². The second-order valence-electron chi connectivity index (χ2n) is 9.31. The van der Waals surface area contributed by atoms with Gasteiger partial charge in [0.05, 0.1) is 27.4 Å². The highest BCUT2D eigenvalue weighted by atomic mass is 35.5. The molecule has 2 N–H and O–H groups in total. The molecule has 3 rings (SSSR count). The number of amides is 1. The van der Waals surface area contributed by atoms with Gasteiger partial charge in [-0.15, -0.1) is 0 Å². The first-order valence-corrected chi connectivity index (χ1v) is 11.7. The van der Waals surface area contributed by atoms with Gasteiger partial charge in [0, 0.05) is 32.2 Å². The number of benzene rings is 1. The Labute approximate surface area is 199 Å². The van der Waals surface area contributed by atoms with Gasteiger partial charge in [0.25, 0.3) is 5.91 Å². The lowest BCUT2D eigenvalue weighted by Crippen LogP contribution is -2.45. The molecular weight excluding hydrogens is 451 g/mol. The maximum Gasteiger partial charge on any atom is 0.269 e. The van der Waals surface area contributed by atoms with Gasteiger partial charge >= 0.3 is 0 Å². The molecule has 1 aliphatic rings. The number of aliphatic hydroxyl groups excluding tert-OH is 1. The van der Waals surface area contributed by atoms with Gasteiger partial charge < -0.3 is 20.1 Å². The summed E-state index contributed by atoms with van der Waals surface area (Å²) in [6, 6.07) is 7.05. The Kier molecular flexibility index (Phi) is 8.09. The highest BCUT2D eigenvalue weighted by Crippen LogP contribution is 2.28. The first-order chi connectivity index (χ1) is 15.0. The average Bonchev–Trinajstić information content (AvgIpc) is 3.13. The smallest absolute Gasteiger partial charge is 0.269 e. The zero-order valence-electron chi connectivity index (χ0n) is 19.1. The number of aromatic nitrogens is 2. The van der Waals surface area contributed by atoms with E-state index in [0.29, 0.717) is 28.0 Å². The molecule has 1 aliphatic heterocycles. The molecule has 0 radical (unpaired) electrons. The summed E-state index contributed by atoms with van der Waals surface area (Å²) in [4.78, 5) is 14.8. The molecule has 1 atom stereocenters. The van der Waals surface area contributed by atoms with Gasteiger partial charge in [0.1, 0.15) is 17.5 Å². The molecule has 9 heteroatoms. The summed E-state index contributed by atoms with van der Waals surface area (Å²) in [6.45, 7) is 10.2. The van der Waals surface area contributed by atoms with Crippen molar-refractivity contribution in [2.24, 2.45) is 0 Å². The third kappa shape index (κ3) is 6.61. The maximum absolute atomic E-state index is 12.7. The number of carbonyl (C=O) groups excluding carboxylic acids is 1. The Hall–Kier alpha value is -1.80. The Bertz CT molecular complexity index is 934. The standard InChI is InChI=1S/C23H32Cl2N4O3/c1-15-11-21(29(27-15)23(2,3)4)22(31)26-13-16(30)14-28-9-7-17(8-10-28)32-18-5-6-19(24)20(25)12-18/h5-6,11-12,16-17,30H,7-10,13-14H2,1-4H3,(H,26,31)/t16-/m1/s1. The van der Waals surface area contributed by atoms with Crippen LogP contribution in [0.2, 0.25) is 10.0 Å². The molecule has 0 unspecified atom stereocenters. The number of halogens is 2. The van der Waals surface area contributed by atoms with Crippen LogP contribution in [0.25, 0.3) is 0 Å². The van der Waals surface area contributed by atoms with Crippen molar-refractivity contribution >= 4 is 29.1 Å². The van der Waals surface area contributed by atoms with E-state index in [2.05, 4.69) is 15.3 Å². The maximum atomic E-state index is 12.7. The summed E-state index contributed by atoms with van der Waals surface area (Å²) < 4.78 is 7.74. The van der Waals surface area contributed by atoms with E-state index >= 15 is 0 Å². The third-order valence-corrected chi connectivity index (χ3v) is 6.13. The van der Waals surface area contributed by atoms with Gasteiger partial charge in [-0.25, -0.2) is 0 Å². The van der Waals surface area contributed by atoms with Crippen molar-refractivity contribution in [3.05, 3.63) is 45.7 Å². The van der Waals surface area contributed by atoms with Crippen LogP contribution in [0.15, 0.2) is 24.3 Å². The number of likely N-dealkylation sites (tertiary alicyclic amines) is 1. The number of β-amino-alcohol motifs (C(OH)–C–C–N with tert-alkyl or cyclic N) is 1. The van der Waals surface area contributed by atoms with Crippen molar-refractivity contribution < 1.29 is 14.6 Å². The molecule has 1 amide bonds. The number of nitrogens with one attached hydrogen (secondary N) is 1. The molecule has 0 aliphatic carbocycles. The molecule has 0 saturated carbocycles. The number of ether oxygens (including phenoxy) is 1. The lowest BCUT2D eigenvalue weighted by atomic mass is 10.1. The first-order valence-electron chi connectivity index (χ1n) is 10.9. The van der Waals surface area contributed by atoms with E-state index in [4.69, 9.17) is 27.9 Å². The van der Waals surface area contributed by atoms with E-state index in [9.17, 15) is 9.90 Å². The van der Waals surface area contributed by atoms with Crippen LogP contribution in [0.5, 0.6) is 5.75 Å². The quantitative estimate of drug-likeness (QED) is 0.625. The number of rotatable bonds is 7. The van der Waals surface area contributed by atoms with Crippen LogP contribution in [0.4, 0.5) is 0 Å². The minimum absolute atomic E-state index is 0.0984. The SMILES string of the molecule is Cc1cc(C(=O)NC[C@@H](O)CN2CCC(Oc3ccc(Cl)c(Cl)c3)CC2)n(C(C)(C)C)n1. The molecule has 1 saturated heterocycles. The number of aryl methyl sites for hydroxylation is 1. The molecule has 2 heterocycles. The van der Waals surface area contributed by atoms with E-state index in [1.165, 1.54) is 0 Å². The Morgan fingerprint density at radius 1 is 1.25 bits per heavy atom. The largest absolute Gasteiger partial charge is 0.490 e. The molecule has 1 fully saturated rings. The Balaban J connectivity index is 1.43. The summed E-state index contributed by atoms with van der Waals surface area (Å²) in [5, 5.41) is 18.7. The lowest BCUT2D eigenvalue weighted by Gasteiger charge is -2.33. The predicted molar refractivity (Wildman–Crippen MR) is 127 cm³/mol. The number of nitrogens with zero attached hydrogens (tertiary/aromatic N) is 3. The number of carbonyl (C=O) groups is 1. The number of hydrogen-bond donors (Lipinski definition) is 2. The van der Waals surface area contributed by atoms with E-state index in [1.54, 1.807) is 22.9 Å². The van der Waals surface area contributed by atoms with Gasteiger partial charge in [0.15, 0.2) is 0 Å². The molecule has 1 aromatic carbocycles. The lowest BCUT2D eigenvalue weighted by molar-refractivity contribution is 0.0591. The fourth-order valence-corrected chi connectivity index (χ4v) is 4.08. The summed E-state index contributed by atoms with van der Waals surface area (Å²) >= 11 is 12.0. The molecule has 32 heavy (non-hydrogen) atoms. The minimum atomic E-state index is -0.654. The zero-order valence-corrected chi connectivity index (χ0v) is 20.6. The fraction of sp³-hybridized carbons (Fsp3) is 0.565. The third-order valence-electron chi connectivity index (χ3n) is 5.40. The van der Waals surface area contributed by atoms with E-state index in [0.717, 1.165) is 31.6 Å². The molecule has 2 aromatic rings. The molecule has 176 valence electrons.